The van der Waals surface area contributed by atoms with Gasteiger partial charge in [-0.1, -0.05) is 42.5 Å². The van der Waals surface area contributed by atoms with Crippen LogP contribution in [0.15, 0.2) is 90.4 Å². The Balaban J connectivity index is 1.65. The van der Waals surface area contributed by atoms with Crippen molar-refractivity contribution in [1.82, 2.24) is 5.32 Å². The number of hydrogen-bond acceptors (Lipinski definition) is 5. The second-order valence-corrected chi connectivity index (χ2v) is 8.61. The Hall–Kier alpha value is -4.04. The fourth-order valence-electron chi connectivity index (χ4n) is 4.16. The summed E-state index contributed by atoms with van der Waals surface area (Å²) in [6.45, 7) is 4.12. The number of aliphatic hydroxyl groups is 1. The normalized spacial score (nSPS) is 18.6. The summed E-state index contributed by atoms with van der Waals surface area (Å²) < 4.78 is 39.4. The monoisotopic (exact) mass is 506 g/mol. The Kier molecular flexibility index (Phi) is 8.30. The highest BCUT2D eigenvalue weighted by Crippen LogP contribution is 2.42. The highest BCUT2D eigenvalue weighted by molar-refractivity contribution is 6.01. The number of ether oxygens (including phenoxy) is 2. The van der Waals surface area contributed by atoms with E-state index in [0.29, 0.717) is 24.3 Å². The van der Waals surface area contributed by atoms with E-state index in [1.54, 1.807) is 30.3 Å². The summed E-state index contributed by atoms with van der Waals surface area (Å²) in [5, 5.41) is 11.7. The second kappa shape index (κ2) is 11.8. The molecule has 0 unspecified atom stereocenters. The molecule has 37 heavy (non-hydrogen) atoms. The standard InChI is InChI=1S/C29H28F2N2O4/c1-2-15-29(28(35)32-19-22-9-12-23(30)18-25(22)31)26(20-7-4-3-5-8-20)37-27(33-29)21-10-13-24(14-11-21)36-17-6-16-34/h2-5,7-14,18,26,34H,1,6,15-17,19H2,(H,32,35)/t26-,29-/m1/s1. The molecule has 2 N–H and O–H groups in total. The van der Waals surface area contributed by atoms with Crippen LogP contribution in [0.1, 0.15) is 35.6 Å². The number of nitrogens with one attached hydrogen (secondary N) is 1. The molecule has 1 amide bonds. The predicted octanol–water partition coefficient (Wildman–Crippen LogP) is 4.88. The van der Waals surface area contributed by atoms with E-state index in [1.807, 2.05) is 30.3 Å². The molecule has 3 aromatic carbocycles. The minimum atomic E-state index is -1.40. The first-order valence-electron chi connectivity index (χ1n) is 12.0. The van der Waals surface area contributed by atoms with Gasteiger partial charge in [-0.15, -0.1) is 6.58 Å². The van der Waals surface area contributed by atoms with E-state index in [0.717, 1.165) is 17.7 Å². The summed E-state index contributed by atoms with van der Waals surface area (Å²) in [6.07, 6.45) is 1.52. The van der Waals surface area contributed by atoms with Crippen LogP contribution in [-0.4, -0.2) is 35.7 Å². The van der Waals surface area contributed by atoms with Gasteiger partial charge in [0.05, 0.1) is 6.61 Å². The van der Waals surface area contributed by atoms with E-state index >= 15 is 0 Å². The molecule has 0 fully saturated rings. The lowest BCUT2D eigenvalue weighted by molar-refractivity contribution is -0.129. The first-order valence-corrected chi connectivity index (χ1v) is 12.0. The van der Waals surface area contributed by atoms with E-state index in [9.17, 15) is 13.6 Å². The molecule has 0 saturated heterocycles. The van der Waals surface area contributed by atoms with E-state index in [2.05, 4.69) is 11.9 Å². The van der Waals surface area contributed by atoms with Gasteiger partial charge in [0.2, 0.25) is 5.90 Å². The number of hydrogen-bond donors (Lipinski definition) is 2. The predicted molar refractivity (Wildman–Crippen MR) is 136 cm³/mol. The molecule has 1 aliphatic rings. The number of aliphatic hydroxyl groups excluding tert-OH is 1. The lowest BCUT2D eigenvalue weighted by Gasteiger charge is -2.29. The van der Waals surface area contributed by atoms with Crippen LogP contribution < -0.4 is 10.1 Å². The summed E-state index contributed by atoms with van der Waals surface area (Å²) in [7, 11) is 0. The van der Waals surface area contributed by atoms with Gasteiger partial charge in [-0.25, -0.2) is 13.8 Å². The average Bonchev–Trinajstić information content (AvgIpc) is 3.30. The third kappa shape index (κ3) is 5.86. The van der Waals surface area contributed by atoms with Crippen LogP contribution in [0.25, 0.3) is 0 Å². The van der Waals surface area contributed by atoms with Gasteiger partial charge in [-0.05, 0) is 35.9 Å². The fourth-order valence-corrected chi connectivity index (χ4v) is 4.16. The fraction of sp³-hybridized carbons (Fsp3) is 0.241. The number of amides is 1. The molecule has 1 aliphatic heterocycles. The van der Waals surface area contributed by atoms with Gasteiger partial charge in [-0.2, -0.15) is 0 Å². The lowest BCUT2D eigenvalue weighted by atomic mass is 9.84. The zero-order chi connectivity index (χ0) is 26.3. The molecule has 2 atom stereocenters. The summed E-state index contributed by atoms with van der Waals surface area (Å²) in [6, 6.07) is 19.6. The number of nitrogens with zero attached hydrogens (tertiary/aromatic N) is 1. The molecule has 0 aliphatic carbocycles. The van der Waals surface area contributed by atoms with Crippen molar-refractivity contribution < 1.29 is 28.2 Å². The van der Waals surface area contributed by atoms with Crippen molar-refractivity contribution in [2.75, 3.05) is 13.2 Å². The SMILES string of the molecule is C=CC[C@@]1(C(=O)NCc2ccc(F)cc2F)N=C(c2ccc(OCCCO)cc2)O[C@@H]1c1ccccc1. The van der Waals surface area contributed by atoms with Crippen molar-refractivity contribution in [3.8, 4) is 5.75 Å². The Morgan fingerprint density at radius 3 is 2.57 bits per heavy atom. The largest absolute Gasteiger partial charge is 0.494 e. The maximum absolute atomic E-state index is 14.2. The smallest absolute Gasteiger partial charge is 0.252 e. The molecular weight excluding hydrogens is 478 g/mol. The highest BCUT2D eigenvalue weighted by Gasteiger charge is 2.52. The van der Waals surface area contributed by atoms with E-state index in [1.165, 1.54) is 6.07 Å². The number of rotatable bonds is 11. The number of carbonyl (C=O) groups is 1. The molecule has 0 aromatic heterocycles. The first-order chi connectivity index (χ1) is 18.0. The Morgan fingerprint density at radius 1 is 1.14 bits per heavy atom. The molecule has 0 saturated carbocycles. The van der Waals surface area contributed by atoms with Crippen molar-refractivity contribution in [1.29, 1.82) is 0 Å². The first kappa shape index (κ1) is 26.0. The Labute approximate surface area is 214 Å². The van der Waals surface area contributed by atoms with Crippen LogP contribution in [0.5, 0.6) is 5.75 Å². The van der Waals surface area contributed by atoms with Crippen molar-refractivity contribution in [2.24, 2.45) is 4.99 Å². The van der Waals surface area contributed by atoms with E-state index in [4.69, 9.17) is 19.6 Å². The van der Waals surface area contributed by atoms with Gasteiger partial charge >= 0.3 is 0 Å². The second-order valence-electron chi connectivity index (χ2n) is 8.61. The van der Waals surface area contributed by atoms with Gasteiger partial charge in [0.25, 0.3) is 5.91 Å². The molecule has 0 radical (unpaired) electrons. The topological polar surface area (TPSA) is 80.2 Å². The molecule has 192 valence electrons. The van der Waals surface area contributed by atoms with Crippen LogP contribution in [0.4, 0.5) is 8.78 Å². The zero-order valence-corrected chi connectivity index (χ0v) is 20.2. The Bertz CT molecular complexity index is 1260. The van der Waals surface area contributed by atoms with Gasteiger partial charge < -0.3 is 19.9 Å². The zero-order valence-electron chi connectivity index (χ0n) is 20.2. The molecule has 4 rings (SSSR count). The van der Waals surface area contributed by atoms with Crippen molar-refractivity contribution in [3.05, 3.63) is 114 Å². The van der Waals surface area contributed by atoms with Gasteiger partial charge in [0.15, 0.2) is 11.6 Å². The van der Waals surface area contributed by atoms with Crippen LogP contribution >= 0.6 is 0 Å². The van der Waals surface area contributed by atoms with Crippen molar-refractivity contribution in [2.45, 2.75) is 31.0 Å². The number of benzene rings is 3. The van der Waals surface area contributed by atoms with Crippen molar-refractivity contribution >= 4 is 11.8 Å². The van der Waals surface area contributed by atoms with Crippen LogP contribution in [0.2, 0.25) is 0 Å². The Morgan fingerprint density at radius 2 is 1.89 bits per heavy atom. The molecule has 6 nitrogen and oxygen atoms in total. The van der Waals surface area contributed by atoms with E-state index in [-0.39, 0.29) is 31.0 Å². The minimum Gasteiger partial charge on any atom is -0.494 e. The molecular formula is C29H28F2N2O4. The van der Waals surface area contributed by atoms with Gasteiger partial charge in [-0.3, -0.25) is 4.79 Å². The number of halogens is 2. The van der Waals surface area contributed by atoms with Crippen LogP contribution in [-0.2, 0) is 16.1 Å². The third-order valence-corrected chi connectivity index (χ3v) is 6.04. The molecule has 3 aromatic rings. The summed E-state index contributed by atoms with van der Waals surface area (Å²) in [5.41, 5.74) is 0.152. The van der Waals surface area contributed by atoms with Crippen molar-refractivity contribution in [3.63, 3.8) is 0 Å². The number of aliphatic imine (C=N–C) groups is 1. The maximum Gasteiger partial charge on any atom is 0.252 e. The highest BCUT2D eigenvalue weighted by atomic mass is 19.1. The lowest BCUT2D eigenvalue weighted by Crippen LogP contribution is -2.47. The molecule has 0 bridgehead atoms. The van der Waals surface area contributed by atoms with Crippen LogP contribution in [0, 0.1) is 11.6 Å². The minimum absolute atomic E-state index is 0.0465. The average molecular weight is 507 g/mol. The molecule has 0 spiro atoms. The van der Waals surface area contributed by atoms with Crippen LogP contribution in [0.3, 0.4) is 0 Å². The summed E-state index contributed by atoms with van der Waals surface area (Å²) in [4.78, 5) is 18.5. The van der Waals surface area contributed by atoms with Gasteiger partial charge in [0.1, 0.15) is 17.4 Å². The summed E-state index contributed by atoms with van der Waals surface area (Å²) >= 11 is 0. The number of carbonyl (C=O) groups excluding carboxylic acids is 1. The van der Waals surface area contributed by atoms with E-state index < -0.39 is 29.2 Å². The van der Waals surface area contributed by atoms with Gasteiger partial charge in [0, 0.05) is 43.2 Å². The third-order valence-electron chi connectivity index (χ3n) is 6.04. The summed E-state index contributed by atoms with van der Waals surface area (Å²) in [5.74, 6) is -0.995. The quantitative estimate of drug-likeness (QED) is 0.287. The maximum atomic E-state index is 14.2. The molecule has 8 heteroatoms. The molecule has 1 heterocycles.